The number of hydrogen-bond donors (Lipinski definition) is 2. The molecule has 1 aliphatic heterocycles. The lowest BCUT2D eigenvalue weighted by Crippen LogP contribution is -2.28. The summed E-state index contributed by atoms with van der Waals surface area (Å²) >= 11 is 0. The number of urea groups is 1. The van der Waals surface area contributed by atoms with Crippen molar-refractivity contribution in [2.75, 3.05) is 23.3 Å². The normalized spacial score (nSPS) is 17.7. The van der Waals surface area contributed by atoms with E-state index in [1.165, 1.54) is 32.1 Å². The Labute approximate surface area is 182 Å². The maximum atomic E-state index is 12.7. The van der Waals surface area contributed by atoms with Gasteiger partial charge in [0.2, 0.25) is 0 Å². The summed E-state index contributed by atoms with van der Waals surface area (Å²) in [5.74, 6) is 0.388. The number of aromatic nitrogens is 3. The third kappa shape index (κ3) is 4.47. The molecule has 1 saturated heterocycles. The molecule has 4 rings (SSSR count). The SMILES string of the molecule is C/C(=C\c1c(C)nn(C2CCCCC2)c1C)C(=O)Nc1ccc(N2CCNC2=O)nc1. The van der Waals surface area contributed by atoms with E-state index < -0.39 is 0 Å². The molecule has 0 atom stereocenters. The minimum absolute atomic E-state index is 0.150. The van der Waals surface area contributed by atoms with E-state index in [1.54, 1.807) is 23.2 Å². The number of aryl methyl sites for hydroxylation is 1. The summed E-state index contributed by atoms with van der Waals surface area (Å²) in [4.78, 5) is 30.4. The second-order valence-corrected chi connectivity index (χ2v) is 8.39. The highest BCUT2D eigenvalue weighted by Gasteiger charge is 2.22. The van der Waals surface area contributed by atoms with Crippen LogP contribution in [0.4, 0.5) is 16.3 Å². The highest BCUT2D eigenvalue weighted by Crippen LogP contribution is 2.31. The molecular weight excluding hydrogens is 392 g/mol. The summed E-state index contributed by atoms with van der Waals surface area (Å²) in [6.07, 6.45) is 9.66. The molecule has 0 aromatic carbocycles. The van der Waals surface area contributed by atoms with Gasteiger partial charge >= 0.3 is 6.03 Å². The Morgan fingerprint density at radius 1 is 1.23 bits per heavy atom. The summed E-state index contributed by atoms with van der Waals surface area (Å²) in [5, 5.41) is 10.4. The predicted octanol–water partition coefficient (Wildman–Crippen LogP) is 3.97. The smallest absolute Gasteiger partial charge is 0.323 e. The van der Waals surface area contributed by atoms with Crippen LogP contribution in [0.1, 0.15) is 62.0 Å². The number of amides is 3. The quantitative estimate of drug-likeness (QED) is 0.713. The summed E-state index contributed by atoms with van der Waals surface area (Å²) in [6, 6.07) is 3.81. The fourth-order valence-electron chi connectivity index (χ4n) is 4.39. The second kappa shape index (κ2) is 8.91. The molecule has 3 heterocycles. The Morgan fingerprint density at radius 3 is 2.65 bits per heavy atom. The van der Waals surface area contributed by atoms with Crippen LogP contribution in [0.3, 0.4) is 0 Å². The van der Waals surface area contributed by atoms with Crippen LogP contribution in [0, 0.1) is 13.8 Å². The van der Waals surface area contributed by atoms with E-state index in [1.807, 2.05) is 19.9 Å². The zero-order valence-electron chi connectivity index (χ0n) is 18.4. The van der Waals surface area contributed by atoms with Crippen molar-refractivity contribution in [1.82, 2.24) is 20.1 Å². The minimum Gasteiger partial charge on any atom is -0.336 e. The van der Waals surface area contributed by atoms with E-state index in [0.29, 0.717) is 36.2 Å². The highest BCUT2D eigenvalue weighted by molar-refractivity contribution is 6.06. The molecule has 8 heteroatoms. The predicted molar refractivity (Wildman–Crippen MR) is 121 cm³/mol. The molecule has 2 aromatic rings. The first-order valence-corrected chi connectivity index (χ1v) is 11.0. The van der Waals surface area contributed by atoms with Gasteiger partial charge in [-0.05, 0) is 51.8 Å². The Hall–Kier alpha value is -3.16. The fourth-order valence-corrected chi connectivity index (χ4v) is 4.39. The van der Waals surface area contributed by atoms with Gasteiger partial charge in [-0.3, -0.25) is 14.4 Å². The fraction of sp³-hybridized carbons (Fsp3) is 0.478. The van der Waals surface area contributed by atoms with Crippen molar-refractivity contribution in [2.45, 2.75) is 58.9 Å². The number of nitrogens with one attached hydrogen (secondary N) is 2. The third-order valence-electron chi connectivity index (χ3n) is 6.16. The molecular formula is C23H30N6O2. The molecule has 0 spiro atoms. The van der Waals surface area contributed by atoms with E-state index >= 15 is 0 Å². The maximum absolute atomic E-state index is 12.7. The standard InChI is InChI=1S/C23H30N6O2/c1-15(13-20-16(2)27-29(17(20)3)19-7-5-4-6-8-19)22(30)26-18-9-10-21(25-14-18)28-12-11-24-23(28)31/h9-10,13-14,19H,4-8,11-12H2,1-3H3,(H,24,31)(H,26,30)/b15-13+. The van der Waals surface area contributed by atoms with Crippen LogP contribution >= 0.6 is 0 Å². The number of pyridine rings is 1. The summed E-state index contributed by atoms with van der Waals surface area (Å²) in [6.45, 7) is 7.09. The lowest BCUT2D eigenvalue weighted by Gasteiger charge is -2.23. The van der Waals surface area contributed by atoms with Gasteiger partial charge in [-0.15, -0.1) is 0 Å². The monoisotopic (exact) mass is 422 g/mol. The van der Waals surface area contributed by atoms with E-state index in [0.717, 1.165) is 17.0 Å². The zero-order valence-corrected chi connectivity index (χ0v) is 18.4. The van der Waals surface area contributed by atoms with Crippen LogP contribution in [0.25, 0.3) is 6.08 Å². The van der Waals surface area contributed by atoms with E-state index in [9.17, 15) is 9.59 Å². The van der Waals surface area contributed by atoms with Gasteiger partial charge in [-0.2, -0.15) is 5.10 Å². The highest BCUT2D eigenvalue weighted by atomic mass is 16.2. The van der Waals surface area contributed by atoms with Gasteiger partial charge in [0.25, 0.3) is 5.91 Å². The average Bonchev–Trinajstić information content (AvgIpc) is 3.33. The van der Waals surface area contributed by atoms with Crippen LogP contribution in [0.5, 0.6) is 0 Å². The van der Waals surface area contributed by atoms with Crippen molar-refractivity contribution < 1.29 is 9.59 Å². The van der Waals surface area contributed by atoms with Gasteiger partial charge in [0.1, 0.15) is 5.82 Å². The minimum atomic E-state index is -0.183. The van der Waals surface area contributed by atoms with Crippen LogP contribution in [-0.2, 0) is 4.79 Å². The van der Waals surface area contributed by atoms with E-state index in [2.05, 4.69) is 27.2 Å². The van der Waals surface area contributed by atoms with Crippen molar-refractivity contribution in [2.24, 2.45) is 0 Å². The van der Waals surface area contributed by atoms with Crippen LogP contribution in [0.15, 0.2) is 23.9 Å². The summed E-state index contributed by atoms with van der Waals surface area (Å²) in [5.41, 5.74) is 4.29. The lowest BCUT2D eigenvalue weighted by atomic mass is 9.95. The number of carbonyl (C=O) groups excluding carboxylic acids is 2. The Balaban J connectivity index is 1.45. The molecule has 31 heavy (non-hydrogen) atoms. The molecule has 2 aliphatic rings. The molecule has 0 unspecified atom stereocenters. The summed E-state index contributed by atoms with van der Waals surface area (Å²) < 4.78 is 2.16. The van der Waals surface area contributed by atoms with Gasteiger partial charge in [0, 0.05) is 29.9 Å². The molecule has 2 fully saturated rings. The maximum Gasteiger partial charge on any atom is 0.323 e. The van der Waals surface area contributed by atoms with Gasteiger partial charge in [0.05, 0.1) is 23.6 Å². The zero-order chi connectivity index (χ0) is 22.0. The van der Waals surface area contributed by atoms with Crippen molar-refractivity contribution in [3.8, 4) is 0 Å². The van der Waals surface area contributed by atoms with E-state index in [4.69, 9.17) is 5.10 Å². The Morgan fingerprint density at radius 2 is 2.00 bits per heavy atom. The van der Waals surface area contributed by atoms with Gasteiger partial charge in [0.15, 0.2) is 0 Å². The van der Waals surface area contributed by atoms with Crippen molar-refractivity contribution >= 4 is 29.5 Å². The molecule has 1 saturated carbocycles. The molecule has 0 bridgehead atoms. The van der Waals surface area contributed by atoms with Crippen LogP contribution in [-0.4, -0.2) is 39.8 Å². The molecule has 2 aromatic heterocycles. The number of nitrogens with zero attached hydrogens (tertiary/aromatic N) is 4. The van der Waals surface area contributed by atoms with Crippen LogP contribution < -0.4 is 15.5 Å². The second-order valence-electron chi connectivity index (χ2n) is 8.39. The molecule has 2 N–H and O–H groups in total. The molecule has 8 nitrogen and oxygen atoms in total. The first kappa shape index (κ1) is 21.1. The number of rotatable bonds is 5. The van der Waals surface area contributed by atoms with Gasteiger partial charge in [-0.1, -0.05) is 19.3 Å². The topological polar surface area (TPSA) is 92.2 Å². The molecule has 164 valence electrons. The van der Waals surface area contributed by atoms with Crippen molar-refractivity contribution in [3.05, 3.63) is 40.9 Å². The van der Waals surface area contributed by atoms with Crippen molar-refractivity contribution in [3.63, 3.8) is 0 Å². The first-order valence-electron chi connectivity index (χ1n) is 11.0. The van der Waals surface area contributed by atoms with E-state index in [-0.39, 0.29) is 11.9 Å². The largest absolute Gasteiger partial charge is 0.336 e. The summed E-state index contributed by atoms with van der Waals surface area (Å²) in [7, 11) is 0. The Kier molecular flexibility index (Phi) is 6.06. The average molecular weight is 423 g/mol. The molecule has 3 amide bonds. The molecule has 1 aliphatic carbocycles. The number of carbonyl (C=O) groups is 2. The first-order chi connectivity index (χ1) is 14.9. The van der Waals surface area contributed by atoms with Gasteiger partial charge < -0.3 is 10.6 Å². The number of anilines is 2. The lowest BCUT2D eigenvalue weighted by molar-refractivity contribution is -0.112. The Bertz CT molecular complexity index is 1000. The number of hydrogen-bond acceptors (Lipinski definition) is 4. The van der Waals surface area contributed by atoms with Gasteiger partial charge in [-0.25, -0.2) is 9.78 Å². The van der Waals surface area contributed by atoms with Crippen molar-refractivity contribution in [1.29, 1.82) is 0 Å². The molecule has 0 radical (unpaired) electrons. The third-order valence-corrected chi connectivity index (χ3v) is 6.16. The van der Waals surface area contributed by atoms with Crippen LogP contribution in [0.2, 0.25) is 0 Å².